The molecule has 0 aliphatic carbocycles. The van der Waals surface area contributed by atoms with E-state index < -0.39 is 0 Å². The quantitative estimate of drug-likeness (QED) is 0.666. The third-order valence-corrected chi connectivity index (χ3v) is 4.25. The number of amides is 1. The van der Waals surface area contributed by atoms with Gasteiger partial charge >= 0.3 is 0 Å². The van der Waals surface area contributed by atoms with Crippen LogP contribution in [0.1, 0.15) is 33.8 Å². The Morgan fingerprint density at radius 1 is 1.29 bits per heavy atom. The van der Waals surface area contributed by atoms with Gasteiger partial charge in [-0.05, 0) is 56.2 Å². The highest BCUT2D eigenvalue weighted by molar-refractivity contribution is 7.12. The van der Waals surface area contributed by atoms with Gasteiger partial charge in [0, 0.05) is 21.5 Å². The van der Waals surface area contributed by atoms with Crippen molar-refractivity contribution in [2.45, 2.75) is 26.8 Å². The molecule has 1 unspecified atom stereocenters. The van der Waals surface area contributed by atoms with Crippen LogP contribution in [0.25, 0.3) is 6.08 Å². The van der Waals surface area contributed by atoms with Crippen molar-refractivity contribution in [1.82, 2.24) is 5.32 Å². The van der Waals surface area contributed by atoms with Crippen molar-refractivity contribution in [3.05, 3.63) is 57.3 Å². The second kappa shape index (κ2) is 6.59. The number of nitrogens with one attached hydrogen (secondary N) is 1. The summed E-state index contributed by atoms with van der Waals surface area (Å²) in [6, 6.07) is 9.55. The minimum absolute atomic E-state index is 0.0125. The van der Waals surface area contributed by atoms with E-state index >= 15 is 0 Å². The number of carbonyl (C=O) groups excluding carboxylic acids is 1. The number of carbonyl (C=O) groups is 1. The van der Waals surface area contributed by atoms with E-state index in [4.69, 9.17) is 5.73 Å². The molecule has 1 aromatic heterocycles. The van der Waals surface area contributed by atoms with E-state index in [1.165, 1.54) is 15.3 Å². The molecule has 4 heteroatoms. The molecular weight excluding hydrogens is 280 g/mol. The van der Waals surface area contributed by atoms with Gasteiger partial charge in [0.25, 0.3) is 0 Å². The van der Waals surface area contributed by atoms with Gasteiger partial charge in [0.1, 0.15) is 0 Å². The molecule has 0 bridgehead atoms. The first-order valence-corrected chi connectivity index (χ1v) is 7.68. The molecule has 0 saturated heterocycles. The summed E-state index contributed by atoms with van der Waals surface area (Å²) in [7, 11) is 0. The standard InChI is InChI=1S/C17H20N2OS/c1-11-10-16(13(3)21-11)12(2)19-17(20)9-6-14-4-7-15(18)8-5-14/h4-10,12H,18H2,1-3H3,(H,19,20)/b9-6+. The zero-order valence-corrected chi connectivity index (χ0v) is 13.3. The van der Waals surface area contributed by atoms with Crippen LogP contribution in [-0.2, 0) is 4.79 Å². The van der Waals surface area contributed by atoms with Gasteiger partial charge in [0.05, 0.1) is 6.04 Å². The Labute approximate surface area is 129 Å². The van der Waals surface area contributed by atoms with Crippen molar-refractivity contribution in [3.8, 4) is 0 Å². The summed E-state index contributed by atoms with van der Waals surface area (Å²) in [6.45, 7) is 6.17. The van der Waals surface area contributed by atoms with Crippen molar-refractivity contribution in [3.63, 3.8) is 0 Å². The lowest BCUT2D eigenvalue weighted by Crippen LogP contribution is -2.24. The lowest BCUT2D eigenvalue weighted by Gasteiger charge is -2.12. The van der Waals surface area contributed by atoms with Crippen LogP contribution in [0.2, 0.25) is 0 Å². The van der Waals surface area contributed by atoms with Gasteiger partial charge in [-0.1, -0.05) is 12.1 Å². The molecule has 3 nitrogen and oxygen atoms in total. The summed E-state index contributed by atoms with van der Waals surface area (Å²) in [4.78, 5) is 14.5. The topological polar surface area (TPSA) is 55.1 Å². The summed E-state index contributed by atoms with van der Waals surface area (Å²) in [5.74, 6) is -0.0948. The maximum absolute atomic E-state index is 12.0. The highest BCUT2D eigenvalue weighted by Gasteiger charge is 2.12. The normalized spacial score (nSPS) is 12.5. The minimum Gasteiger partial charge on any atom is -0.399 e. The number of aryl methyl sites for hydroxylation is 2. The van der Waals surface area contributed by atoms with Crippen LogP contribution in [0.15, 0.2) is 36.4 Å². The molecule has 0 radical (unpaired) electrons. The Hall–Kier alpha value is -2.07. The average Bonchev–Trinajstić information content (AvgIpc) is 2.77. The third-order valence-electron chi connectivity index (χ3n) is 3.27. The van der Waals surface area contributed by atoms with E-state index in [1.807, 2.05) is 31.2 Å². The number of benzene rings is 1. The molecular formula is C17H20N2OS. The van der Waals surface area contributed by atoms with Crippen LogP contribution in [0.3, 0.4) is 0 Å². The predicted molar refractivity (Wildman–Crippen MR) is 90.2 cm³/mol. The van der Waals surface area contributed by atoms with Crippen LogP contribution in [0.4, 0.5) is 5.69 Å². The summed E-state index contributed by atoms with van der Waals surface area (Å²) in [5.41, 5.74) is 8.48. The number of anilines is 1. The Bertz CT molecular complexity index is 656. The Balaban J connectivity index is 1.98. The smallest absolute Gasteiger partial charge is 0.244 e. The number of hydrogen-bond donors (Lipinski definition) is 2. The molecule has 0 aliphatic heterocycles. The highest BCUT2D eigenvalue weighted by Crippen LogP contribution is 2.26. The zero-order chi connectivity index (χ0) is 15.4. The molecule has 0 saturated carbocycles. The van der Waals surface area contributed by atoms with E-state index in [2.05, 4.69) is 25.2 Å². The predicted octanol–water partition coefficient (Wildman–Crippen LogP) is 3.84. The van der Waals surface area contributed by atoms with E-state index in [1.54, 1.807) is 23.5 Å². The molecule has 2 rings (SSSR count). The largest absolute Gasteiger partial charge is 0.399 e. The van der Waals surface area contributed by atoms with E-state index in [-0.39, 0.29) is 11.9 Å². The SMILES string of the molecule is Cc1cc(C(C)NC(=O)/C=C/c2ccc(N)cc2)c(C)s1. The first kappa shape index (κ1) is 15.3. The first-order chi connectivity index (χ1) is 9.95. The van der Waals surface area contributed by atoms with Crippen molar-refractivity contribution >= 4 is 29.0 Å². The van der Waals surface area contributed by atoms with Gasteiger partial charge in [0.15, 0.2) is 0 Å². The lowest BCUT2D eigenvalue weighted by molar-refractivity contribution is -0.117. The Morgan fingerprint density at radius 2 is 1.95 bits per heavy atom. The molecule has 21 heavy (non-hydrogen) atoms. The Kier molecular flexibility index (Phi) is 4.81. The first-order valence-electron chi connectivity index (χ1n) is 6.87. The van der Waals surface area contributed by atoms with Crippen LogP contribution in [0, 0.1) is 13.8 Å². The molecule has 1 aromatic carbocycles. The maximum Gasteiger partial charge on any atom is 0.244 e. The van der Waals surface area contributed by atoms with Gasteiger partial charge in [-0.3, -0.25) is 4.79 Å². The van der Waals surface area contributed by atoms with Gasteiger partial charge < -0.3 is 11.1 Å². The van der Waals surface area contributed by atoms with Crippen LogP contribution in [-0.4, -0.2) is 5.91 Å². The number of rotatable bonds is 4. The van der Waals surface area contributed by atoms with Gasteiger partial charge in [0.2, 0.25) is 5.91 Å². The van der Waals surface area contributed by atoms with Gasteiger partial charge in [-0.2, -0.15) is 0 Å². The molecule has 1 amide bonds. The molecule has 2 aromatic rings. The monoisotopic (exact) mass is 300 g/mol. The lowest BCUT2D eigenvalue weighted by atomic mass is 10.1. The van der Waals surface area contributed by atoms with Crippen LogP contribution >= 0.6 is 11.3 Å². The summed E-state index contributed by atoms with van der Waals surface area (Å²) in [5, 5.41) is 2.99. The number of nitrogen functional groups attached to an aromatic ring is 1. The number of nitrogens with two attached hydrogens (primary N) is 1. The fourth-order valence-electron chi connectivity index (χ4n) is 2.20. The summed E-state index contributed by atoms with van der Waals surface area (Å²) < 4.78 is 0. The molecule has 1 heterocycles. The summed E-state index contributed by atoms with van der Waals surface area (Å²) in [6.07, 6.45) is 3.34. The number of hydrogen-bond acceptors (Lipinski definition) is 3. The van der Waals surface area contributed by atoms with Crippen molar-refractivity contribution in [2.24, 2.45) is 0 Å². The second-order valence-corrected chi connectivity index (χ2v) is 6.56. The molecule has 1 atom stereocenters. The molecule has 0 spiro atoms. The average molecular weight is 300 g/mol. The van der Waals surface area contributed by atoms with Crippen molar-refractivity contribution < 1.29 is 4.79 Å². The Morgan fingerprint density at radius 3 is 2.52 bits per heavy atom. The van der Waals surface area contributed by atoms with E-state index in [0.717, 1.165) is 5.56 Å². The molecule has 110 valence electrons. The maximum atomic E-state index is 12.0. The van der Waals surface area contributed by atoms with Crippen molar-refractivity contribution in [1.29, 1.82) is 0 Å². The van der Waals surface area contributed by atoms with Crippen molar-refractivity contribution in [2.75, 3.05) is 5.73 Å². The molecule has 0 fully saturated rings. The van der Waals surface area contributed by atoms with E-state index in [9.17, 15) is 4.79 Å². The summed E-state index contributed by atoms with van der Waals surface area (Å²) >= 11 is 1.76. The molecule has 0 aliphatic rings. The van der Waals surface area contributed by atoms with Crippen LogP contribution in [0.5, 0.6) is 0 Å². The van der Waals surface area contributed by atoms with Gasteiger partial charge in [-0.25, -0.2) is 0 Å². The minimum atomic E-state index is -0.0948. The second-order valence-electron chi connectivity index (χ2n) is 5.10. The number of thiophene rings is 1. The molecule has 3 N–H and O–H groups in total. The highest BCUT2D eigenvalue weighted by atomic mass is 32.1. The van der Waals surface area contributed by atoms with Crippen LogP contribution < -0.4 is 11.1 Å². The zero-order valence-electron chi connectivity index (χ0n) is 12.5. The fourth-order valence-corrected chi connectivity index (χ4v) is 3.22. The fraction of sp³-hybridized carbons (Fsp3) is 0.235. The van der Waals surface area contributed by atoms with Gasteiger partial charge in [-0.15, -0.1) is 11.3 Å². The third kappa shape index (κ3) is 4.20. The van der Waals surface area contributed by atoms with E-state index in [0.29, 0.717) is 5.69 Å².